The molecule has 232 valence electrons. The highest BCUT2D eigenvalue weighted by atomic mass is 19.1. The molecule has 2 aromatic heterocycles. The number of aromatic nitrogens is 2. The van der Waals surface area contributed by atoms with Crippen LogP contribution in [0.25, 0.3) is 11.1 Å². The van der Waals surface area contributed by atoms with Crippen LogP contribution in [0.1, 0.15) is 75.9 Å². The zero-order valence-electron chi connectivity index (χ0n) is 26.6. The predicted molar refractivity (Wildman–Crippen MR) is 166 cm³/mol. The Morgan fingerprint density at radius 2 is 1.81 bits per heavy atom. The van der Waals surface area contributed by atoms with E-state index >= 15 is 4.39 Å². The molecule has 1 aromatic carbocycles. The van der Waals surface area contributed by atoms with E-state index in [-0.39, 0.29) is 17.9 Å². The lowest BCUT2D eigenvalue weighted by molar-refractivity contribution is -0.160. The van der Waals surface area contributed by atoms with Crippen LogP contribution < -0.4 is 14.4 Å². The third-order valence-corrected chi connectivity index (χ3v) is 7.96. The Morgan fingerprint density at radius 1 is 1.12 bits per heavy atom. The van der Waals surface area contributed by atoms with Crippen LogP contribution >= 0.6 is 0 Å². The second-order valence-corrected chi connectivity index (χ2v) is 13.0. The predicted octanol–water partition coefficient (Wildman–Crippen LogP) is 7.10. The number of carboxylic acids is 1. The van der Waals surface area contributed by atoms with Crippen LogP contribution in [0.2, 0.25) is 0 Å². The molecule has 0 bridgehead atoms. The lowest BCUT2D eigenvalue weighted by Gasteiger charge is -2.40. The third-order valence-electron chi connectivity index (χ3n) is 7.96. The number of aliphatic carboxylic acids is 1. The number of hydrogen-bond donors (Lipinski definition) is 1. The van der Waals surface area contributed by atoms with Crippen molar-refractivity contribution in [2.24, 2.45) is 5.41 Å². The van der Waals surface area contributed by atoms with Gasteiger partial charge < -0.3 is 24.2 Å². The Kier molecular flexibility index (Phi) is 9.64. The molecule has 8 nitrogen and oxygen atoms in total. The van der Waals surface area contributed by atoms with E-state index in [0.29, 0.717) is 34.5 Å². The van der Waals surface area contributed by atoms with Gasteiger partial charge in [0.05, 0.1) is 25.0 Å². The van der Waals surface area contributed by atoms with E-state index < -0.39 is 23.5 Å². The molecule has 3 heterocycles. The van der Waals surface area contributed by atoms with Crippen LogP contribution in [0, 0.1) is 25.1 Å². The van der Waals surface area contributed by atoms with E-state index in [2.05, 4.69) is 28.7 Å². The van der Waals surface area contributed by atoms with E-state index in [1.54, 1.807) is 26.4 Å². The molecule has 43 heavy (non-hydrogen) atoms. The van der Waals surface area contributed by atoms with Gasteiger partial charge in [0.2, 0.25) is 5.88 Å². The Balaban J connectivity index is 1.69. The quantitative estimate of drug-likeness (QED) is 0.266. The summed E-state index contributed by atoms with van der Waals surface area (Å²) in [5.74, 6) is -1.00. The van der Waals surface area contributed by atoms with E-state index in [1.165, 1.54) is 6.07 Å². The first-order chi connectivity index (χ1) is 20.2. The molecule has 1 N–H and O–H groups in total. The fourth-order valence-electron chi connectivity index (χ4n) is 5.41. The van der Waals surface area contributed by atoms with Crippen molar-refractivity contribution in [1.82, 2.24) is 9.97 Å². The number of pyridine rings is 2. The number of nitrogens with zero attached hydrogens (tertiary/aromatic N) is 3. The van der Waals surface area contributed by atoms with Gasteiger partial charge in [-0.15, -0.1) is 0 Å². The minimum atomic E-state index is -1.25. The number of carbonyl (C=O) groups is 1. The number of ether oxygens (including phenoxy) is 3. The fraction of sp³-hybridized carbons (Fsp3) is 0.500. The molecule has 0 spiro atoms. The Bertz CT molecular complexity index is 1460. The molecule has 1 aliphatic heterocycles. The van der Waals surface area contributed by atoms with Gasteiger partial charge in [0.1, 0.15) is 5.75 Å². The first-order valence-electron chi connectivity index (χ1n) is 14.8. The van der Waals surface area contributed by atoms with E-state index in [9.17, 15) is 9.90 Å². The molecule has 1 fully saturated rings. The SMILES string of the molecule is COc1ccc(CCOc2ncc(-c3cnc(C)c(C(OC(C)(C)C)C(=O)O)c3N3CCC(C)(C)CC3)cc2F)c(C)c1. The molecule has 9 heteroatoms. The number of methoxy groups -OCH3 is 1. The summed E-state index contributed by atoms with van der Waals surface area (Å²) in [4.78, 5) is 23.7. The monoisotopic (exact) mass is 593 g/mol. The summed E-state index contributed by atoms with van der Waals surface area (Å²) in [7, 11) is 1.63. The highest BCUT2D eigenvalue weighted by molar-refractivity contribution is 5.86. The molecule has 1 saturated heterocycles. The van der Waals surface area contributed by atoms with Gasteiger partial charge in [0.25, 0.3) is 0 Å². The van der Waals surface area contributed by atoms with Gasteiger partial charge in [-0.05, 0) is 82.2 Å². The minimum absolute atomic E-state index is 0.0871. The number of anilines is 1. The highest BCUT2D eigenvalue weighted by Crippen LogP contribution is 2.43. The standard InChI is InChI=1S/C34H44FN3O5/c1-21-17-25(41-8)10-9-23(21)11-16-42-31-27(35)18-24(19-37-31)26-20-36-22(2)28(30(32(39)40)43-33(3,4)5)29(26)38-14-12-34(6,7)13-15-38/h9-10,17-20,30H,11-16H2,1-8H3,(H,39,40). The fourth-order valence-corrected chi connectivity index (χ4v) is 5.41. The van der Waals surface area contributed by atoms with Crippen molar-refractivity contribution < 1.29 is 28.5 Å². The normalized spacial score (nSPS) is 15.7. The van der Waals surface area contributed by atoms with Crippen molar-refractivity contribution in [2.75, 3.05) is 31.7 Å². The van der Waals surface area contributed by atoms with Crippen molar-refractivity contribution in [3.63, 3.8) is 0 Å². The van der Waals surface area contributed by atoms with Crippen LogP contribution in [-0.2, 0) is 16.0 Å². The lowest BCUT2D eigenvalue weighted by Crippen LogP contribution is -2.39. The third kappa shape index (κ3) is 7.82. The topological polar surface area (TPSA) is 94.0 Å². The smallest absolute Gasteiger partial charge is 0.337 e. The van der Waals surface area contributed by atoms with Crippen molar-refractivity contribution >= 4 is 11.7 Å². The van der Waals surface area contributed by atoms with Crippen LogP contribution in [0.5, 0.6) is 11.6 Å². The van der Waals surface area contributed by atoms with Crippen molar-refractivity contribution in [3.05, 3.63) is 64.9 Å². The highest BCUT2D eigenvalue weighted by Gasteiger charge is 2.36. The van der Waals surface area contributed by atoms with Gasteiger partial charge in [-0.25, -0.2) is 14.2 Å². The molecular formula is C34H44FN3O5. The zero-order chi connectivity index (χ0) is 31.5. The first kappa shape index (κ1) is 32.2. The van der Waals surface area contributed by atoms with Crippen LogP contribution in [0.3, 0.4) is 0 Å². The number of carboxylic acid groups (broad SMARTS) is 1. The van der Waals surface area contributed by atoms with E-state index in [1.807, 2.05) is 45.9 Å². The Labute approximate surface area is 254 Å². The summed E-state index contributed by atoms with van der Waals surface area (Å²) >= 11 is 0. The van der Waals surface area contributed by atoms with Gasteiger partial charge in [-0.1, -0.05) is 19.9 Å². The van der Waals surface area contributed by atoms with Crippen LogP contribution in [0.15, 0.2) is 36.7 Å². The number of rotatable bonds is 10. The van der Waals surface area contributed by atoms with Crippen molar-refractivity contribution in [3.8, 4) is 22.8 Å². The molecule has 0 saturated carbocycles. The number of piperidine rings is 1. The lowest BCUT2D eigenvalue weighted by atomic mass is 9.82. The molecule has 3 aromatic rings. The summed E-state index contributed by atoms with van der Waals surface area (Å²) in [6.07, 6.45) is 4.43. The van der Waals surface area contributed by atoms with Crippen molar-refractivity contribution in [2.45, 2.75) is 79.4 Å². The van der Waals surface area contributed by atoms with Crippen molar-refractivity contribution in [1.29, 1.82) is 0 Å². The average molecular weight is 594 g/mol. The average Bonchev–Trinajstić information content (AvgIpc) is 2.93. The number of aryl methyl sites for hydroxylation is 2. The summed E-state index contributed by atoms with van der Waals surface area (Å²) in [6.45, 7) is 15.4. The Hall–Kier alpha value is -3.72. The van der Waals surface area contributed by atoms with Gasteiger partial charge in [0.15, 0.2) is 11.9 Å². The molecule has 0 radical (unpaired) electrons. The summed E-state index contributed by atoms with van der Waals surface area (Å²) in [6, 6.07) is 7.20. The summed E-state index contributed by atoms with van der Waals surface area (Å²) in [5, 5.41) is 10.3. The molecule has 1 aliphatic rings. The van der Waals surface area contributed by atoms with Gasteiger partial charge in [0, 0.05) is 54.3 Å². The maximum Gasteiger partial charge on any atom is 0.337 e. The number of benzene rings is 1. The van der Waals surface area contributed by atoms with Crippen LogP contribution in [-0.4, -0.2) is 53.5 Å². The number of halogens is 1. The van der Waals surface area contributed by atoms with Gasteiger partial charge in [-0.3, -0.25) is 4.98 Å². The molecule has 4 rings (SSSR count). The molecule has 1 unspecified atom stereocenters. The molecular weight excluding hydrogens is 549 g/mol. The minimum Gasteiger partial charge on any atom is -0.497 e. The summed E-state index contributed by atoms with van der Waals surface area (Å²) < 4.78 is 32.5. The Morgan fingerprint density at radius 3 is 2.40 bits per heavy atom. The largest absolute Gasteiger partial charge is 0.497 e. The molecule has 0 aliphatic carbocycles. The second-order valence-electron chi connectivity index (χ2n) is 13.0. The molecule has 1 atom stereocenters. The first-order valence-corrected chi connectivity index (χ1v) is 14.8. The zero-order valence-corrected chi connectivity index (χ0v) is 26.6. The molecule has 0 amide bonds. The maximum absolute atomic E-state index is 15.4. The summed E-state index contributed by atoms with van der Waals surface area (Å²) in [5.41, 5.74) is 4.43. The van der Waals surface area contributed by atoms with E-state index in [4.69, 9.17) is 14.2 Å². The second kappa shape index (κ2) is 12.9. The van der Waals surface area contributed by atoms with Gasteiger partial charge >= 0.3 is 5.97 Å². The maximum atomic E-state index is 15.4. The van der Waals surface area contributed by atoms with Gasteiger partial charge in [-0.2, -0.15) is 0 Å². The van der Waals surface area contributed by atoms with Crippen LogP contribution in [0.4, 0.5) is 10.1 Å². The number of hydrogen-bond acceptors (Lipinski definition) is 7. The van der Waals surface area contributed by atoms with E-state index in [0.717, 1.165) is 42.8 Å².